The Hall–Kier alpha value is -1.66. The highest BCUT2D eigenvalue weighted by Crippen LogP contribution is 2.23. The molecule has 0 radical (unpaired) electrons. The van der Waals surface area contributed by atoms with Crippen LogP contribution >= 0.6 is 22.9 Å². The highest BCUT2D eigenvalue weighted by Gasteiger charge is 2.12. The lowest BCUT2D eigenvalue weighted by Crippen LogP contribution is -2.12. The van der Waals surface area contributed by atoms with Crippen LogP contribution in [-0.4, -0.2) is 10.9 Å². The smallest absolute Gasteiger partial charge is 0.275 e. The van der Waals surface area contributed by atoms with Gasteiger partial charge < -0.3 is 11.1 Å². The second kappa shape index (κ2) is 4.68. The van der Waals surface area contributed by atoms with Crippen LogP contribution in [0.15, 0.2) is 23.6 Å². The first-order valence-corrected chi connectivity index (χ1v) is 5.79. The summed E-state index contributed by atoms with van der Waals surface area (Å²) >= 11 is 6.96. The van der Waals surface area contributed by atoms with Crippen LogP contribution in [0.2, 0.25) is 5.02 Å². The summed E-state index contributed by atoms with van der Waals surface area (Å²) in [6.07, 6.45) is 0. The van der Waals surface area contributed by atoms with E-state index in [2.05, 4.69) is 10.3 Å². The fraction of sp³-hybridized carbons (Fsp3) is 0. The van der Waals surface area contributed by atoms with Crippen molar-refractivity contribution in [1.29, 1.82) is 0 Å². The van der Waals surface area contributed by atoms with Gasteiger partial charge in [-0.2, -0.15) is 0 Å². The summed E-state index contributed by atoms with van der Waals surface area (Å²) in [6.45, 7) is 0. The van der Waals surface area contributed by atoms with Gasteiger partial charge in [-0.1, -0.05) is 11.6 Å². The molecule has 3 N–H and O–H groups in total. The molecule has 1 aromatic heterocycles. The van der Waals surface area contributed by atoms with Gasteiger partial charge in [0.05, 0.1) is 10.7 Å². The van der Waals surface area contributed by atoms with Gasteiger partial charge in [-0.3, -0.25) is 4.79 Å². The quantitative estimate of drug-likeness (QED) is 0.882. The van der Waals surface area contributed by atoms with E-state index in [1.165, 1.54) is 17.5 Å². The van der Waals surface area contributed by atoms with E-state index in [0.717, 1.165) is 17.4 Å². The van der Waals surface area contributed by atoms with Crippen molar-refractivity contribution >= 4 is 39.7 Å². The lowest BCUT2D eigenvalue weighted by molar-refractivity contribution is 0.102. The minimum atomic E-state index is -0.484. The Morgan fingerprint density at radius 1 is 1.53 bits per heavy atom. The molecule has 1 heterocycles. The lowest BCUT2D eigenvalue weighted by Gasteiger charge is -2.05. The molecule has 0 spiro atoms. The number of halogens is 2. The Balaban J connectivity index is 2.21. The minimum absolute atomic E-state index is 0.174. The van der Waals surface area contributed by atoms with E-state index >= 15 is 0 Å². The number of benzene rings is 1. The Kier molecular flexibility index (Phi) is 3.26. The van der Waals surface area contributed by atoms with Crippen LogP contribution in [-0.2, 0) is 0 Å². The molecule has 2 rings (SSSR count). The second-order valence-corrected chi connectivity index (χ2v) is 4.45. The van der Waals surface area contributed by atoms with E-state index in [1.54, 1.807) is 0 Å². The summed E-state index contributed by atoms with van der Waals surface area (Å²) in [5.74, 6) is -0.965. The largest absolute Gasteiger partial charge is 0.375 e. The number of carbonyl (C=O) groups is 1. The number of hydrogen-bond donors (Lipinski definition) is 2. The van der Waals surface area contributed by atoms with Crippen molar-refractivity contribution in [2.75, 3.05) is 11.1 Å². The van der Waals surface area contributed by atoms with Gasteiger partial charge in [0, 0.05) is 5.38 Å². The third kappa shape index (κ3) is 2.72. The highest BCUT2D eigenvalue weighted by atomic mass is 35.5. The molecular weight excluding hydrogens is 265 g/mol. The van der Waals surface area contributed by atoms with Crippen LogP contribution in [0.25, 0.3) is 0 Å². The molecule has 2 aromatic rings. The minimum Gasteiger partial charge on any atom is -0.375 e. The first-order chi connectivity index (χ1) is 8.06. The first-order valence-electron chi connectivity index (χ1n) is 4.53. The molecule has 7 heteroatoms. The molecule has 0 saturated carbocycles. The van der Waals surface area contributed by atoms with Crippen LogP contribution in [0.1, 0.15) is 10.5 Å². The number of hydrogen-bond acceptors (Lipinski definition) is 4. The van der Waals surface area contributed by atoms with Crippen molar-refractivity contribution in [3.8, 4) is 0 Å². The van der Waals surface area contributed by atoms with Gasteiger partial charge in [-0.15, -0.1) is 11.3 Å². The van der Waals surface area contributed by atoms with E-state index in [-0.39, 0.29) is 16.4 Å². The van der Waals surface area contributed by atoms with Crippen LogP contribution in [0, 0.1) is 5.82 Å². The molecule has 0 saturated heterocycles. The molecule has 0 aliphatic carbocycles. The Labute approximate surface area is 105 Å². The predicted octanol–water partition coefficient (Wildman–Crippen LogP) is 2.77. The average molecular weight is 272 g/mol. The Morgan fingerprint density at radius 3 is 2.94 bits per heavy atom. The van der Waals surface area contributed by atoms with Gasteiger partial charge in [0.2, 0.25) is 0 Å². The zero-order valence-corrected chi connectivity index (χ0v) is 9.98. The van der Waals surface area contributed by atoms with Crippen molar-refractivity contribution in [3.05, 3.63) is 40.1 Å². The van der Waals surface area contributed by atoms with Gasteiger partial charge in [0.15, 0.2) is 5.13 Å². The molecule has 1 amide bonds. The summed E-state index contributed by atoms with van der Waals surface area (Å²) in [4.78, 5) is 15.5. The average Bonchev–Trinajstić information content (AvgIpc) is 2.70. The fourth-order valence-corrected chi connectivity index (χ4v) is 1.88. The van der Waals surface area contributed by atoms with E-state index in [0.29, 0.717) is 5.13 Å². The van der Waals surface area contributed by atoms with E-state index in [1.807, 2.05) is 0 Å². The standard InChI is InChI=1S/C10H7ClFN3OS/c11-6-2-1-5(12)3-7(6)14-9(16)8-4-17-10(13)15-8/h1-4H,(H2,13,15)(H,14,16). The van der Waals surface area contributed by atoms with Crippen LogP contribution in [0.5, 0.6) is 0 Å². The number of nitrogens with zero attached hydrogens (tertiary/aromatic N) is 1. The van der Waals surface area contributed by atoms with Gasteiger partial charge in [0.25, 0.3) is 5.91 Å². The normalized spacial score (nSPS) is 10.2. The Morgan fingerprint density at radius 2 is 2.29 bits per heavy atom. The van der Waals surface area contributed by atoms with E-state index < -0.39 is 11.7 Å². The third-order valence-electron chi connectivity index (χ3n) is 1.93. The van der Waals surface area contributed by atoms with Crippen LogP contribution in [0.3, 0.4) is 0 Å². The molecule has 88 valence electrons. The number of carbonyl (C=O) groups excluding carboxylic acids is 1. The molecule has 0 atom stereocenters. The number of aromatic nitrogens is 1. The van der Waals surface area contributed by atoms with Crippen LogP contribution < -0.4 is 11.1 Å². The van der Waals surface area contributed by atoms with Crippen molar-refractivity contribution in [1.82, 2.24) is 4.98 Å². The van der Waals surface area contributed by atoms with Crippen molar-refractivity contribution in [2.45, 2.75) is 0 Å². The lowest BCUT2D eigenvalue weighted by atomic mass is 10.3. The predicted molar refractivity (Wildman–Crippen MR) is 65.9 cm³/mol. The Bertz CT molecular complexity index is 572. The third-order valence-corrected chi connectivity index (χ3v) is 2.93. The topological polar surface area (TPSA) is 68.0 Å². The maximum atomic E-state index is 13.0. The molecule has 4 nitrogen and oxygen atoms in total. The summed E-state index contributed by atoms with van der Waals surface area (Å²) < 4.78 is 13.0. The molecule has 0 aliphatic rings. The van der Waals surface area contributed by atoms with Gasteiger partial charge in [-0.05, 0) is 18.2 Å². The first kappa shape index (κ1) is 11.8. The maximum Gasteiger partial charge on any atom is 0.275 e. The van der Waals surface area contributed by atoms with Crippen LogP contribution in [0.4, 0.5) is 15.2 Å². The molecule has 0 bridgehead atoms. The number of nitrogen functional groups attached to an aromatic ring is 1. The van der Waals surface area contributed by atoms with Gasteiger partial charge in [0.1, 0.15) is 11.5 Å². The van der Waals surface area contributed by atoms with E-state index in [9.17, 15) is 9.18 Å². The number of thiazole rings is 1. The number of amides is 1. The number of rotatable bonds is 2. The van der Waals surface area contributed by atoms with Gasteiger partial charge in [-0.25, -0.2) is 9.37 Å². The molecule has 17 heavy (non-hydrogen) atoms. The number of anilines is 2. The van der Waals surface area contributed by atoms with E-state index in [4.69, 9.17) is 17.3 Å². The molecule has 0 fully saturated rings. The van der Waals surface area contributed by atoms with Crippen molar-refractivity contribution in [3.63, 3.8) is 0 Å². The molecule has 0 unspecified atom stereocenters. The number of nitrogens with one attached hydrogen (secondary N) is 1. The highest BCUT2D eigenvalue weighted by molar-refractivity contribution is 7.13. The zero-order valence-electron chi connectivity index (χ0n) is 8.41. The second-order valence-electron chi connectivity index (χ2n) is 3.15. The van der Waals surface area contributed by atoms with Crippen molar-refractivity contribution < 1.29 is 9.18 Å². The SMILES string of the molecule is Nc1nc(C(=O)Nc2cc(F)ccc2Cl)cs1. The molecule has 0 aliphatic heterocycles. The van der Waals surface area contributed by atoms with Gasteiger partial charge >= 0.3 is 0 Å². The zero-order chi connectivity index (χ0) is 12.4. The maximum absolute atomic E-state index is 13.0. The molecule has 1 aromatic carbocycles. The monoisotopic (exact) mass is 271 g/mol. The summed E-state index contributed by atoms with van der Waals surface area (Å²) in [5, 5.41) is 4.52. The summed E-state index contributed by atoms with van der Waals surface area (Å²) in [6, 6.07) is 3.71. The molecular formula is C10H7ClFN3OS. The number of nitrogens with two attached hydrogens (primary N) is 1. The summed E-state index contributed by atoms with van der Waals surface area (Å²) in [7, 11) is 0. The van der Waals surface area contributed by atoms with Crippen molar-refractivity contribution in [2.24, 2.45) is 0 Å². The fourth-order valence-electron chi connectivity index (χ4n) is 1.17. The summed E-state index contributed by atoms with van der Waals surface area (Å²) in [5.41, 5.74) is 5.78.